The molecule has 0 amide bonds. The van der Waals surface area contributed by atoms with Crippen LogP contribution in [0.4, 0.5) is 13.2 Å². The molecular weight excluding hydrogens is 277 g/mol. The van der Waals surface area contributed by atoms with Gasteiger partial charge in [-0.05, 0) is 50.8 Å². The molecule has 2 rings (SSSR count). The lowest BCUT2D eigenvalue weighted by molar-refractivity contribution is -0.139. The molecule has 0 radical (unpaired) electrons. The summed E-state index contributed by atoms with van der Waals surface area (Å²) in [5.41, 5.74) is 5.57. The number of halogens is 3. The Hall–Kier alpha value is -1.07. The van der Waals surface area contributed by atoms with Gasteiger partial charge in [0.2, 0.25) is 0 Å². The molecule has 21 heavy (non-hydrogen) atoms. The van der Waals surface area contributed by atoms with Crippen LogP contribution >= 0.6 is 0 Å². The summed E-state index contributed by atoms with van der Waals surface area (Å²) >= 11 is 0. The van der Waals surface area contributed by atoms with Gasteiger partial charge in [-0.3, -0.25) is 4.90 Å². The van der Waals surface area contributed by atoms with Crippen LogP contribution in [-0.2, 0) is 6.18 Å². The number of rotatable bonds is 3. The van der Waals surface area contributed by atoms with E-state index in [0.717, 1.165) is 19.4 Å². The van der Waals surface area contributed by atoms with Crippen molar-refractivity contribution in [3.8, 4) is 0 Å². The Balaban J connectivity index is 2.29. The lowest BCUT2D eigenvalue weighted by atomic mass is 9.90. The number of nitrogens with two attached hydrogens (primary N) is 1. The molecule has 0 spiro atoms. The Kier molecular flexibility index (Phi) is 4.94. The summed E-state index contributed by atoms with van der Waals surface area (Å²) in [6.45, 7) is 5.31. The van der Waals surface area contributed by atoms with Gasteiger partial charge in [-0.1, -0.05) is 18.2 Å². The van der Waals surface area contributed by atoms with Crippen LogP contribution in [0, 0.1) is 5.92 Å². The quantitative estimate of drug-likeness (QED) is 0.919. The summed E-state index contributed by atoms with van der Waals surface area (Å²) < 4.78 is 39.5. The van der Waals surface area contributed by atoms with Gasteiger partial charge in [-0.25, -0.2) is 0 Å². The first kappa shape index (κ1) is 16.3. The molecule has 0 saturated carbocycles. The Morgan fingerprint density at radius 3 is 2.57 bits per heavy atom. The lowest BCUT2D eigenvalue weighted by Gasteiger charge is -2.42. The number of benzene rings is 1. The highest BCUT2D eigenvalue weighted by atomic mass is 19.4. The molecule has 0 aliphatic carbocycles. The standard InChI is InChI=1S/C16H23F3N2/c1-11-7-8-13(9-20)10-21(11)12(2)14-5-3-4-6-15(14)16(17,18)19/h3-6,11-13H,7-10,20H2,1-2H3. The third-order valence-corrected chi connectivity index (χ3v) is 4.57. The molecule has 1 aliphatic heterocycles. The highest BCUT2D eigenvalue weighted by molar-refractivity contribution is 5.32. The van der Waals surface area contributed by atoms with Gasteiger partial charge in [0.15, 0.2) is 0 Å². The summed E-state index contributed by atoms with van der Waals surface area (Å²) in [6.07, 6.45) is -2.26. The fraction of sp³-hybridized carbons (Fsp3) is 0.625. The van der Waals surface area contributed by atoms with Crippen molar-refractivity contribution in [2.45, 2.75) is 44.9 Å². The van der Waals surface area contributed by atoms with Crippen LogP contribution in [0.2, 0.25) is 0 Å². The summed E-state index contributed by atoms with van der Waals surface area (Å²) in [7, 11) is 0. The molecule has 3 atom stereocenters. The molecule has 3 unspecified atom stereocenters. The van der Waals surface area contributed by atoms with E-state index >= 15 is 0 Å². The molecule has 1 heterocycles. The second-order valence-corrected chi connectivity index (χ2v) is 5.99. The van der Waals surface area contributed by atoms with Crippen LogP contribution in [0.3, 0.4) is 0 Å². The molecule has 2 nitrogen and oxygen atoms in total. The number of hydrogen-bond acceptors (Lipinski definition) is 2. The van der Waals surface area contributed by atoms with E-state index < -0.39 is 11.7 Å². The minimum Gasteiger partial charge on any atom is -0.330 e. The zero-order valence-corrected chi connectivity index (χ0v) is 12.5. The van der Waals surface area contributed by atoms with E-state index in [2.05, 4.69) is 11.8 Å². The Morgan fingerprint density at radius 2 is 1.95 bits per heavy atom. The van der Waals surface area contributed by atoms with Crippen LogP contribution in [0.1, 0.15) is 43.9 Å². The number of likely N-dealkylation sites (tertiary alicyclic amines) is 1. The third kappa shape index (κ3) is 3.58. The first-order valence-corrected chi connectivity index (χ1v) is 7.46. The molecule has 1 aromatic carbocycles. The summed E-state index contributed by atoms with van der Waals surface area (Å²) in [4.78, 5) is 2.16. The van der Waals surface area contributed by atoms with E-state index in [1.807, 2.05) is 6.92 Å². The fourth-order valence-corrected chi connectivity index (χ4v) is 3.24. The monoisotopic (exact) mass is 300 g/mol. The Bertz CT molecular complexity index is 473. The Labute approximate surface area is 124 Å². The van der Waals surface area contributed by atoms with Crippen molar-refractivity contribution in [1.82, 2.24) is 4.90 Å². The molecule has 1 saturated heterocycles. The van der Waals surface area contributed by atoms with Crippen molar-refractivity contribution in [1.29, 1.82) is 0 Å². The van der Waals surface area contributed by atoms with Gasteiger partial charge in [-0.15, -0.1) is 0 Å². The average Bonchev–Trinajstić information content (AvgIpc) is 2.46. The van der Waals surface area contributed by atoms with E-state index in [-0.39, 0.29) is 12.1 Å². The van der Waals surface area contributed by atoms with E-state index in [4.69, 9.17) is 5.73 Å². The van der Waals surface area contributed by atoms with Gasteiger partial charge in [0.05, 0.1) is 5.56 Å². The van der Waals surface area contributed by atoms with Crippen LogP contribution in [0.15, 0.2) is 24.3 Å². The Morgan fingerprint density at radius 1 is 1.29 bits per heavy atom. The molecule has 118 valence electrons. The number of nitrogens with zero attached hydrogens (tertiary/aromatic N) is 1. The van der Waals surface area contributed by atoms with Gasteiger partial charge in [0, 0.05) is 18.6 Å². The van der Waals surface area contributed by atoms with Crippen LogP contribution in [0.25, 0.3) is 0 Å². The molecule has 2 N–H and O–H groups in total. The predicted molar refractivity (Wildman–Crippen MR) is 77.8 cm³/mol. The van der Waals surface area contributed by atoms with Gasteiger partial charge >= 0.3 is 6.18 Å². The first-order valence-electron chi connectivity index (χ1n) is 7.46. The maximum atomic E-state index is 13.2. The van der Waals surface area contributed by atoms with E-state index in [9.17, 15) is 13.2 Å². The predicted octanol–water partition coefficient (Wildman–Crippen LogP) is 3.83. The zero-order valence-electron chi connectivity index (χ0n) is 12.5. The van der Waals surface area contributed by atoms with Crippen molar-refractivity contribution in [3.05, 3.63) is 35.4 Å². The maximum Gasteiger partial charge on any atom is 0.416 e. The molecule has 0 bridgehead atoms. The van der Waals surface area contributed by atoms with E-state index in [0.29, 0.717) is 18.0 Å². The lowest BCUT2D eigenvalue weighted by Crippen LogP contribution is -2.45. The number of piperidine rings is 1. The molecule has 1 aliphatic rings. The van der Waals surface area contributed by atoms with Crippen molar-refractivity contribution in [2.75, 3.05) is 13.1 Å². The van der Waals surface area contributed by atoms with Gasteiger partial charge < -0.3 is 5.73 Å². The van der Waals surface area contributed by atoms with Crippen LogP contribution in [-0.4, -0.2) is 24.0 Å². The maximum absolute atomic E-state index is 13.2. The molecular formula is C16H23F3N2. The highest BCUT2D eigenvalue weighted by Gasteiger charge is 2.37. The van der Waals surface area contributed by atoms with E-state index in [1.54, 1.807) is 12.1 Å². The second kappa shape index (κ2) is 6.36. The SMILES string of the molecule is CC1CCC(CN)CN1C(C)c1ccccc1C(F)(F)F. The highest BCUT2D eigenvalue weighted by Crippen LogP contribution is 2.38. The number of hydrogen-bond donors (Lipinski definition) is 1. The van der Waals surface area contributed by atoms with E-state index in [1.165, 1.54) is 12.1 Å². The smallest absolute Gasteiger partial charge is 0.330 e. The third-order valence-electron chi connectivity index (χ3n) is 4.57. The molecule has 1 aromatic rings. The topological polar surface area (TPSA) is 29.3 Å². The normalized spacial score (nSPS) is 25.8. The van der Waals surface area contributed by atoms with Crippen molar-refractivity contribution >= 4 is 0 Å². The molecule has 0 aromatic heterocycles. The van der Waals surface area contributed by atoms with Crippen molar-refractivity contribution in [2.24, 2.45) is 11.7 Å². The molecule has 1 fully saturated rings. The minimum atomic E-state index is -4.31. The average molecular weight is 300 g/mol. The van der Waals surface area contributed by atoms with Crippen molar-refractivity contribution < 1.29 is 13.2 Å². The van der Waals surface area contributed by atoms with Gasteiger partial charge in [-0.2, -0.15) is 13.2 Å². The fourth-order valence-electron chi connectivity index (χ4n) is 3.24. The largest absolute Gasteiger partial charge is 0.416 e. The number of alkyl halides is 3. The summed E-state index contributed by atoms with van der Waals surface area (Å²) in [5, 5.41) is 0. The van der Waals surface area contributed by atoms with Gasteiger partial charge in [0.25, 0.3) is 0 Å². The zero-order chi connectivity index (χ0) is 15.6. The summed E-state index contributed by atoms with van der Waals surface area (Å²) in [5.74, 6) is 0.377. The minimum absolute atomic E-state index is 0.257. The van der Waals surface area contributed by atoms with Crippen LogP contribution < -0.4 is 5.73 Å². The second-order valence-electron chi connectivity index (χ2n) is 5.99. The van der Waals surface area contributed by atoms with Crippen molar-refractivity contribution in [3.63, 3.8) is 0 Å². The summed E-state index contributed by atoms with van der Waals surface area (Å²) in [6, 6.07) is 5.90. The van der Waals surface area contributed by atoms with Crippen LogP contribution in [0.5, 0.6) is 0 Å². The molecule has 5 heteroatoms. The first-order chi connectivity index (χ1) is 9.84. The van der Waals surface area contributed by atoms with Gasteiger partial charge in [0.1, 0.15) is 0 Å².